The Morgan fingerprint density at radius 2 is 1.29 bits per heavy atom. The second-order valence-corrected chi connectivity index (χ2v) is 10.5. The Kier molecular flexibility index (Phi) is 6.21. The summed E-state index contributed by atoms with van der Waals surface area (Å²) in [6, 6.07) is 19.0. The third-order valence-corrected chi connectivity index (χ3v) is 8.79. The molecule has 0 amide bonds. The highest BCUT2D eigenvalue weighted by Crippen LogP contribution is 2.54. The Balaban J connectivity index is 2.31. The van der Waals surface area contributed by atoms with Crippen molar-refractivity contribution < 1.29 is 9.36 Å². The van der Waals surface area contributed by atoms with Gasteiger partial charge < -0.3 is 4.57 Å². The minimum Gasteiger partial charge on any atom is -0.304 e. The maximum Gasteiger partial charge on any atom is 0.232 e. The summed E-state index contributed by atoms with van der Waals surface area (Å²) in [4.78, 5) is 13.7. The summed E-state index contributed by atoms with van der Waals surface area (Å²) in [5, 5.41) is 0.980. The molecule has 0 N–H and O–H groups in total. The van der Waals surface area contributed by atoms with Crippen LogP contribution in [0.3, 0.4) is 0 Å². The van der Waals surface area contributed by atoms with Crippen LogP contribution in [-0.4, -0.2) is 10.1 Å². The van der Waals surface area contributed by atoms with Crippen LogP contribution in [0.25, 0.3) is 0 Å². The van der Waals surface area contributed by atoms with E-state index in [0.29, 0.717) is 21.5 Å². The van der Waals surface area contributed by atoms with E-state index in [9.17, 15) is 9.36 Å². The Morgan fingerprint density at radius 1 is 0.786 bits per heavy atom. The average Bonchev–Trinajstić information content (AvgIpc) is 2.67. The van der Waals surface area contributed by atoms with Crippen LogP contribution in [0.1, 0.15) is 27.0 Å². The molecule has 28 heavy (non-hydrogen) atoms. The molecule has 0 aliphatic heterocycles. The van der Waals surface area contributed by atoms with Gasteiger partial charge in [-0.15, -0.1) is 0 Å². The van der Waals surface area contributed by atoms with Crippen LogP contribution in [-0.2, 0) is 4.57 Å². The maximum absolute atomic E-state index is 14.4. The van der Waals surface area contributed by atoms with Gasteiger partial charge in [-0.2, -0.15) is 0 Å². The largest absolute Gasteiger partial charge is 0.304 e. The Labute approximate surface area is 179 Å². The molecule has 0 radical (unpaired) electrons. The minimum atomic E-state index is -3.88. The number of halogens is 2. The van der Waals surface area contributed by atoms with Crippen LogP contribution < -0.4 is 5.30 Å². The molecule has 142 valence electrons. The van der Waals surface area contributed by atoms with Crippen LogP contribution in [0.2, 0.25) is 10.0 Å². The Hall–Kier alpha value is -1.77. The van der Waals surface area contributed by atoms with E-state index in [1.165, 1.54) is 0 Å². The van der Waals surface area contributed by atoms with Crippen molar-refractivity contribution in [3.05, 3.63) is 99.0 Å². The van der Waals surface area contributed by atoms with Crippen molar-refractivity contribution >= 4 is 58.0 Å². The van der Waals surface area contributed by atoms with E-state index in [-0.39, 0.29) is 15.2 Å². The molecular weight excluding hydrogens is 430 g/mol. The smallest absolute Gasteiger partial charge is 0.232 e. The normalized spacial score (nSPS) is 13.0. The summed E-state index contributed by atoms with van der Waals surface area (Å²) in [6.07, 6.45) is 0. The highest BCUT2D eigenvalue weighted by molar-refractivity contribution is 8.12. The first-order chi connectivity index (χ1) is 13.3. The monoisotopic (exact) mass is 446 g/mol. The molecule has 3 aromatic carbocycles. The number of hydrogen-bond acceptors (Lipinski definition) is 3. The van der Waals surface area contributed by atoms with Crippen LogP contribution in [0.5, 0.6) is 0 Å². The van der Waals surface area contributed by atoms with Crippen molar-refractivity contribution in [1.82, 2.24) is 0 Å². The van der Waals surface area contributed by atoms with Gasteiger partial charge in [0, 0.05) is 21.5 Å². The predicted molar refractivity (Wildman–Crippen MR) is 122 cm³/mol. The molecule has 0 saturated heterocycles. The first kappa shape index (κ1) is 21.0. The fraction of sp³-hybridized carbons (Fsp3) is 0.0909. The zero-order valence-corrected chi connectivity index (χ0v) is 18.5. The van der Waals surface area contributed by atoms with E-state index in [0.717, 1.165) is 5.56 Å². The van der Waals surface area contributed by atoms with E-state index in [2.05, 4.69) is 0 Å². The summed E-state index contributed by atoms with van der Waals surface area (Å²) in [7, 11) is -3.88. The zero-order chi connectivity index (χ0) is 20.5. The zero-order valence-electron chi connectivity index (χ0n) is 15.3. The van der Waals surface area contributed by atoms with Crippen LogP contribution in [0.15, 0.2) is 66.7 Å². The quantitative estimate of drug-likeness (QED) is 0.318. The molecule has 0 fully saturated rings. The highest BCUT2D eigenvalue weighted by Gasteiger charge is 2.42. The summed E-state index contributed by atoms with van der Waals surface area (Å²) in [5.74, 6) is 0. The molecule has 0 saturated carbocycles. The number of benzene rings is 3. The third-order valence-electron chi connectivity index (χ3n) is 4.56. The van der Waals surface area contributed by atoms with Gasteiger partial charge in [-0.05, 0) is 37.1 Å². The topological polar surface area (TPSA) is 34.1 Å². The fourth-order valence-electron chi connectivity index (χ4n) is 3.09. The summed E-state index contributed by atoms with van der Waals surface area (Å²) < 4.78 is 14.5. The van der Waals surface area contributed by atoms with Gasteiger partial charge in [-0.1, -0.05) is 90.0 Å². The Morgan fingerprint density at radius 3 is 1.79 bits per heavy atom. The van der Waals surface area contributed by atoms with Crippen molar-refractivity contribution in [2.24, 2.45) is 0 Å². The number of thiocarbonyl (C=S) groups is 1. The molecule has 0 aromatic heterocycles. The number of carbonyl (C=O) groups is 1. The second-order valence-electron chi connectivity index (χ2n) is 6.42. The number of rotatable bonds is 5. The molecule has 0 aliphatic rings. The molecule has 3 rings (SSSR count). The Bertz CT molecular complexity index is 1020. The molecule has 1 atom stereocenters. The van der Waals surface area contributed by atoms with Gasteiger partial charge in [-0.3, -0.25) is 4.79 Å². The molecule has 0 aliphatic carbocycles. The highest BCUT2D eigenvalue weighted by atomic mass is 35.5. The van der Waals surface area contributed by atoms with Crippen molar-refractivity contribution in [3.8, 4) is 0 Å². The van der Waals surface area contributed by atoms with Crippen LogP contribution in [0, 0.1) is 13.8 Å². The molecule has 6 heteroatoms. The lowest BCUT2D eigenvalue weighted by Crippen LogP contribution is -2.21. The predicted octanol–water partition coefficient (Wildman–Crippen LogP) is 6.81. The molecule has 2 nitrogen and oxygen atoms in total. The lowest BCUT2D eigenvalue weighted by molar-refractivity contribution is 0.107. The lowest BCUT2D eigenvalue weighted by Gasteiger charge is -2.22. The van der Waals surface area contributed by atoms with Gasteiger partial charge in [-0.25, -0.2) is 0 Å². The van der Waals surface area contributed by atoms with Crippen molar-refractivity contribution in [2.75, 3.05) is 0 Å². The molecule has 3 aromatic rings. The SMILES string of the molecule is Cc1cccc(Cl)c1C(=O)P(=O)(C(=S)c1c(C)cccc1Cl)c1ccccc1. The average molecular weight is 447 g/mol. The summed E-state index contributed by atoms with van der Waals surface area (Å²) in [6.45, 7) is 3.59. The van der Waals surface area contributed by atoms with E-state index >= 15 is 0 Å². The number of carbonyl (C=O) groups excluding carboxylic acids is 1. The van der Waals surface area contributed by atoms with Crippen LogP contribution in [0.4, 0.5) is 0 Å². The van der Waals surface area contributed by atoms with E-state index in [4.69, 9.17) is 35.4 Å². The minimum absolute atomic E-state index is 0.0473. The van der Waals surface area contributed by atoms with Gasteiger partial charge in [0.25, 0.3) is 0 Å². The van der Waals surface area contributed by atoms with Crippen molar-refractivity contribution in [1.29, 1.82) is 0 Å². The molecule has 0 heterocycles. The van der Waals surface area contributed by atoms with E-state index in [1.807, 2.05) is 13.0 Å². The lowest BCUT2D eigenvalue weighted by atomic mass is 10.1. The molecule has 0 bridgehead atoms. The third kappa shape index (κ3) is 3.60. The first-order valence-corrected chi connectivity index (χ1v) is 11.4. The molecule has 0 spiro atoms. The van der Waals surface area contributed by atoms with Crippen molar-refractivity contribution in [3.63, 3.8) is 0 Å². The van der Waals surface area contributed by atoms with Gasteiger partial charge in [0.15, 0.2) is 0 Å². The fourth-order valence-corrected chi connectivity index (χ4v) is 7.20. The van der Waals surface area contributed by atoms with Crippen LogP contribution >= 0.6 is 42.6 Å². The number of aryl methyl sites for hydroxylation is 2. The van der Waals surface area contributed by atoms with E-state index < -0.39 is 12.7 Å². The van der Waals surface area contributed by atoms with Gasteiger partial charge in [0.2, 0.25) is 12.7 Å². The van der Waals surface area contributed by atoms with Gasteiger partial charge in [0.1, 0.15) is 0 Å². The van der Waals surface area contributed by atoms with Gasteiger partial charge in [0.05, 0.1) is 9.63 Å². The van der Waals surface area contributed by atoms with E-state index in [1.54, 1.807) is 67.6 Å². The molecule has 1 unspecified atom stereocenters. The first-order valence-electron chi connectivity index (χ1n) is 8.54. The number of hydrogen-bond donors (Lipinski definition) is 0. The standard InChI is InChI=1S/C22H17Cl2O2PS/c1-14-8-6-12-17(23)19(14)21(25)27(26,16-10-4-3-5-11-16)22(28)20-15(2)9-7-13-18(20)24/h3-13H,1-2H3. The van der Waals surface area contributed by atoms with Crippen molar-refractivity contribution in [2.45, 2.75) is 13.8 Å². The van der Waals surface area contributed by atoms with Gasteiger partial charge >= 0.3 is 0 Å². The summed E-state index contributed by atoms with van der Waals surface area (Å²) in [5.41, 5.74) is 1.52. The second kappa shape index (κ2) is 8.31. The maximum atomic E-state index is 14.4. The summed E-state index contributed by atoms with van der Waals surface area (Å²) >= 11 is 18.4. The molecular formula is C22H17Cl2O2PS.